The van der Waals surface area contributed by atoms with E-state index in [0.29, 0.717) is 25.7 Å². The molecule has 0 atom stereocenters. The highest BCUT2D eigenvalue weighted by molar-refractivity contribution is 5.90. The van der Waals surface area contributed by atoms with Crippen LogP contribution in [0.15, 0.2) is 48.5 Å². The SMILES string of the molecule is COc1ccc(NC(=O)CCCCC(=O)O)cc1Cc1ccccc1. The molecular formula is C20H23NO4. The number of hydrogen-bond donors (Lipinski definition) is 2. The quantitative estimate of drug-likeness (QED) is 0.679. The van der Waals surface area contributed by atoms with Gasteiger partial charge < -0.3 is 15.2 Å². The molecule has 0 bridgehead atoms. The zero-order valence-corrected chi connectivity index (χ0v) is 14.3. The molecule has 0 saturated carbocycles. The maximum absolute atomic E-state index is 12.0. The van der Waals surface area contributed by atoms with E-state index in [-0.39, 0.29) is 12.3 Å². The number of hydrogen-bond acceptors (Lipinski definition) is 3. The second-order valence-corrected chi connectivity index (χ2v) is 5.84. The monoisotopic (exact) mass is 341 g/mol. The lowest BCUT2D eigenvalue weighted by molar-refractivity contribution is -0.137. The number of nitrogens with one attached hydrogen (secondary N) is 1. The summed E-state index contributed by atoms with van der Waals surface area (Å²) in [5.74, 6) is -0.161. The van der Waals surface area contributed by atoms with E-state index in [9.17, 15) is 9.59 Å². The zero-order chi connectivity index (χ0) is 18.1. The smallest absolute Gasteiger partial charge is 0.303 e. The molecule has 0 fully saturated rings. The molecule has 5 nitrogen and oxygen atoms in total. The zero-order valence-electron chi connectivity index (χ0n) is 14.3. The molecule has 2 rings (SSSR count). The Morgan fingerprint density at radius 2 is 1.76 bits per heavy atom. The van der Waals surface area contributed by atoms with Crippen molar-refractivity contribution >= 4 is 17.6 Å². The maximum Gasteiger partial charge on any atom is 0.303 e. The third kappa shape index (κ3) is 6.30. The van der Waals surface area contributed by atoms with Crippen LogP contribution in [0.2, 0.25) is 0 Å². The normalized spacial score (nSPS) is 10.3. The molecule has 132 valence electrons. The summed E-state index contributed by atoms with van der Waals surface area (Å²) in [6.45, 7) is 0. The number of amides is 1. The molecule has 0 aromatic heterocycles. The summed E-state index contributed by atoms with van der Waals surface area (Å²) in [4.78, 5) is 22.5. The standard InChI is InChI=1S/C20H23NO4/c1-25-18-12-11-17(21-19(22)9-5-6-10-20(23)24)14-16(18)13-15-7-3-2-4-8-15/h2-4,7-8,11-12,14H,5-6,9-10,13H2,1H3,(H,21,22)(H,23,24). The minimum atomic E-state index is -0.832. The average molecular weight is 341 g/mol. The highest BCUT2D eigenvalue weighted by atomic mass is 16.5. The molecule has 0 aliphatic carbocycles. The van der Waals surface area contributed by atoms with E-state index < -0.39 is 5.97 Å². The van der Waals surface area contributed by atoms with E-state index in [1.165, 1.54) is 0 Å². The number of carbonyl (C=O) groups excluding carboxylic acids is 1. The Kier molecular flexibility index (Phi) is 7.01. The molecule has 2 aromatic carbocycles. The number of rotatable bonds is 9. The van der Waals surface area contributed by atoms with Crippen molar-refractivity contribution < 1.29 is 19.4 Å². The second-order valence-electron chi connectivity index (χ2n) is 5.84. The van der Waals surface area contributed by atoms with Gasteiger partial charge in [0.05, 0.1) is 7.11 Å². The topological polar surface area (TPSA) is 75.6 Å². The number of benzene rings is 2. The van der Waals surface area contributed by atoms with Gasteiger partial charge in [0, 0.05) is 30.5 Å². The third-order valence-electron chi connectivity index (χ3n) is 3.85. The lowest BCUT2D eigenvalue weighted by atomic mass is 10.0. The van der Waals surface area contributed by atoms with E-state index in [0.717, 1.165) is 22.6 Å². The first-order chi connectivity index (χ1) is 12.1. The summed E-state index contributed by atoms with van der Waals surface area (Å²) < 4.78 is 5.41. The summed E-state index contributed by atoms with van der Waals surface area (Å²) in [5, 5.41) is 11.5. The van der Waals surface area contributed by atoms with Gasteiger partial charge in [0.1, 0.15) is 5.75 Å². The molecule has 25 heavy (non-hydrogen) atoms. The lowest BCUT2D eigenvalue weighted by Gasteiger charge is -2.12. The highest BCUT2D eigenvalue weighted by Gasteiger charge is 2.08. The number of carbonyl (C=O) groups is 2. The molecular weight excluding hydrogens is 318 g/mol. The molecule has 0 aliphatic rings. The lowest BCUT2D eigenvalue weighted by Crippen LogP contribution is -2.11. The first-order valence-corrected chi connectivity index (χ1v) is 8.31. The number of methoxy groups -OCH3 is 1. The predicted molar refractivity (Wildman–Crippen MR) is 97.0 cm³/mol. The van der Waals surface area contributed by atoms with Gasteiger partial charge in [-0.3, -0.25) is 9.59 Å². The van der Waals surface area contributed by atoms with Crippen molar-refractivity contribution in [3.05, 3.63) is 59.7 Å². The van der Waals surface area contributed by atoms with E-state index in [2.05, 4.69) is 5.32 Å². The molecule has 0 aliphatic heterocycles. The van der Waals surface area contributed by atoms with Crippen LogP contribution in [-0.2, 0) is 16.0 Å². The van der Waals surface area contributed by atoms with Crippen LogP contribution in [0.25, 0.3) is 0 Å². The van der Waals surface area contributed by atoms with E-state index >= 15 is 0 Å². The number of ether oxygens (including phenoxy) is 1. The fourth-order valence-electron chi connectivity index (χ4n) is 2.60. The van der Waals surface area contributed by atoms with Crippen LogP contribution in [0, 0.1) is 0 Å². The summed E-state index contributed by atoms with van der Waals surface area (Å²) in [5.41, 5.74) is 2.88. The van der Waals surface area contributed by atoms with Crippen molar-refractivity contribution in [1.82, 2.24) is 0 Å². The van der Waals surface area contributed by atoms with Crippen LogP contribution in [0.4, 0.5) is 5.69 Å². The maximum atomic E-state index is 12.0. The molecule has 0 radical (unpaired) electrons. The van der Waals surface area contributed by atoms with Gasteiger partial charge in [0.2, 0.25) is 5.91 Å². The Labute approximate surface area is 147 Å². The second kappa shape index (κ2) is 9.47. The molecule has 2 aromatic rings. The Balaban J connectivity index is 1.98. The molecule has 0 unspecified atom stereocenters. The fraction of sp³-hybridized carbons (Fsp3) is 0.300. The number of unbranched alkanes of at least 4 members (excludes halogenated alkanes) is 1. The average Bonchev–Trinajstić information content (AvgIpc) is 2.60. The number of anilines is 1. The van der Waals surface area contributed by atoms with Gasteiger partial charge >= 0.3 is 5.97 Å². The van der Waals surface area contributed by atoms with E-state index in [1.807, 2.05) is 48.5 Å². The van der Waals surface area contributed by atoms with Gasteiger partial charge in [0.25, 0.3) is 0 Å². The van der Waals surface area contributed by atoms with Crippen LogP contribution in [0.1, 0.15) is 36.8 Å². The van der Waals surface area contributed by atoms with Gasteiger partial charge in [-0.2, -0.15) is 0 Å². The number of aliphatic carboxylic acids is 1. The minimum Gasteiger partial charge on any atom is -0.496 e. The third-order valence-corrected chi connectivity index (χ3v) is 3.85. The van der Waals surface area contributed by atoms with Crippen molar-refractivity contribution in [2.45, 2.75) is 32.1 Å². The van der Waals surface area contributed by atoms with Crippen molar-refractivity contribution in [2.24, 2.45) is 0 Å². The molecule has 5 heteroatoms. The van der Waals surface area contributed by atoms with Crippen LogP contribution in [-0.4, -0.2) is 24.1 Å². The molecule has 2 N–H and O–H groups in total. The van der Waals surface area contributed by atoms with Crippen LogP contribution in [0.3, 0.4) is 0 Å². The summed E-state index contributed by atoms with van der Waals surface area (Å²) in [7, 11) is 1.63. The van der Waals surface area contributed by atoms with E-state index in [1.54, 1.807) is 7.11 Å². The first-order valence-electron chi connectivity index (χ1n) is 8.31. The Morgan fingerprint density at radius 1 is 1.04 bits per heavy atom. The molecule has 0 saturated heterocycles. The summed E-state index contributed by atoms with van der Waals surface area (Å²) in [6.07, 6.45) is 2.19. The van der Waals surface area contributed by atoms with Gasteiger partial charge in [-0.05, 0) is 36.6 Å². The van der Waals surface area contributed by atoms with Crippen molar-refractivity contribution in [3.63, 3.8) is 0 Å². The Morgan fingerprint density at radius 3 is 2.44 bits per heavy atom. The highest BCUT2D eigenvalue weighted by Crippen LogP contribution is 2.25. The van der Waals surface area contributed by atoms with Gasteiger partial charge in [-0.15, -0.1) is 0 Å². The molecule has 0 spiro atoms. The molecule has 1 amide bonds. The minimum absolute atomic E-state index is 0.0943. The first kappa shape index (κ1) is 18.5. The fourth-order valence-corrected chi connectivity index (χ4v) is 2.60. The number of carboxylic acids is 1. The Bertz CT molecular complexity index is 713. The Hall–Kier alpha value is -2.82. The van der Waals surface area contributed by atoms with Crippen LogP contribution < -0.4 is 10.1 Å². The predicted octanol–water partition coefficient (Wildman–Crippen LogP) is 3.87. The van der Waals surface area contributed by atoms with Crippen LogP contribution >= 0.6 is 0 Å². The van der Waals surface area contributed by atoms with Crippen molar-refractivity contribution in [3.8, 4) is 5.75 Å². The number of carboxylic acid groups (broad SMARTS) is 1. The largest absolute Gasteiger partial charge is 0.496 e. The van der Waals surface area contributed by atoms with Crippen LogP contribution in [0.5, 0.6) is 5.75 Å². The van der Waals surface area contributed by atoms with Crippen molar-refractivity contribution in [1.29, 1.82) is 0 Å². The van der Waals surface area contributed by atoms with Crippen molar-refractivity contribution in [2.75, 3.05) is 12.4 Å². The van der Waals surface area contributed by atoms with Gasteiger partial charge in [0.15, 0.2) is 0 Å². The van der Waals surface area contributed by atoms with Gasteiger partial charge in [-0.1, -0.05) is 30.3 Å². The summed E-state index contributed by atoms with van der Waals surface area (Å²) in [6, 6.07) is 15.6. The summed E-state index contributed by atoms with van der Waals surface area (Å²) >= 11 is 0. The van der Waals surface area contributed by atoms with Gasteiger partial charge in [-0.25, -0.2) is 0 Å². The van der Waals surface area contributed by atoms with E-state index in [4.69, 9.17) is 9.84 Å². The molecule has 0 heterocycles.